The lowest BCUT2D eigenvalue weighted by Crippen LogP contribution is -2.60. The number of hydrogen-bond acceptors (Lipinski definition) is 5. The van der Waals surface area contributed by atoms with Gasteiger partial charge in [-0.2, -0.15) is 0 Å². The maximum Gasteiger partial charge on any atom is 0.303 e. The number of aliphatic hydroxyl groups is 1. The van der Waals surface area contributed by atoms with Gasteiger partial charge in [-0.05, 0) is 60.8 Å². The summed E-state index contributed by atoms with van der Waals surface area (Å²) in [6.45, 7) is 11.5. The Bertz CT molecular complexity index is 772. The highest BCUT2D eigenvalue weighted by Gasteiger charge is 2.64. The van der Waals surface area contributed by atoms with Crippen molar-refractivity contribution in [1.82, 2.24) is 0 Å². The van der Waals surface area contributed by atoms with E-state index in [0.717, 1.165) is 32.1 Å². The van der Waals surface area contributed by atoms with Crippen LogP contribution in [0.1, 0.15) is 66.2 Å². The van der Waals surface area contributed by atoms with Crippen LogP contribution in [0.25, 0.3) is 0 Å². The Balaban J connectivity index is 1.76. The molecule has 0 amide bonds. The van der Waals surface area contributed by atoms with Crippen molar-refractivity contribution < 1.29 is 24.2 Å². The molecular weight excluding hydrogens is 380 g/mol. The molecule has 4 aliphatic carbocycles. The molecule has 166 valence electrons. The van der Waals surface area contributed by atoms with Gasteiger partial charge in [-0.1, -0.05) is 25.5 Å². The molecule has 0 spiro atoms. The van der Waals surface area contributed by atoms with Crippen LogP contribution < -0.4 is 0 Å². The molecule has 0 aromatic heterocycles. The van der Waals surface area contributed by atoms with Gasteiger partial charge in [0.05, 0.1) is 6.10 Å². The van der Waals surface area contributed by atoms with Crippen molar-refractivity contribution in [3.05, 3.63) is 24.3 Å². The van der Waals surface area contributed by atoms with Gasteiger partial charge < -0.3 is 14.6 Å². The van der Waals surface area contributed by atoms with Gasteiger partial charge in [0, 0.05) is 32.1 Å². The van der Waals surface area contributed by atoms with E-state index in [1.165, 1.54) is 19.4 Å². The Hall–Kier alpha value is -1.62. The number of hydrogen-bond donors (Lipinski definition) is 1. The lowest BCUT2D eigenvalue weighted by molar-refractivity contribution is -0.174. The molecule has 0 heterocycles. The van der Waals surface area contributed by atoms with Gasteiger partial charge in [0.1, 0.15) is 12.2 Å². The Morgan fingerprint density at radius 1 is 1.17 bits per heavy atom. The summed E-state index contributed by atoms with van der Waals surface area (Å²) < 4.78 is 11.4. The first-order valence-electron chi connectivity index (χ1n) is 11.5. The zero-order valence-corrected chi connectivity index (χ0v) is 18.7. The van der Waals surface area contributed by atoms with Crippen molar-refractivity contribution in [3.63, 3.8) is 0 Å². The van der Waals surface area contributed by atoms with Crippen LogP contribution in [-0.4, -0.2) is 35.4 Å². The van der Waals surface area contributed by atoms with Crippen molar-refractivity contribution in [3.8, 4) is 0 Å². The first kappa shape index (κ1) is 21.6. The minimum absolute atomic E-state index is 0.0165. The van der Waals surface area contributed by atoms with E-state index in [1.54, 1.807) is 0 Å². The van der Waals surface area contributed by atoms with Gasteiger partial charge in [0.25, 0.3) is 0 Å². The highest BCUT2D eigenvalue weighted by molar-refractivity contribution is 5.67. The van der Waals surface area contributed by atoms with Gasteiger partial charge in [0.2, 0.25) is 0 Å². The first-order valence-corrected chi connectivity index (χ1v) is 11.5. The highest BCUT2D eigenvalue weighted by atomic mass is 16.5. The highest BCUT2D eigenvalue weighted by Crippen LogP contribution is 2.66. The summed E-state index contributed by atoms with van der Waals surface area (Å²) in [6.07, 6.45) is 8.52. The third-order valence-corrected chi connectivity index (χ3v) is 8.99. The molecule has 1 N–H and O–H groups in total. The lowest BCUT2D eigenvalue weighted by atomic mass is 9.46. The average Bonchev–Trinajstić information content (AvgIpc) is 2.97. The number of carbonyl (C=O) groups excluding carboxylic acids is 2. The van der Waals surface area contributed by atoms with Crippen molar-refractivity contribution in [2.45, 2.75) is 84.5 Å². The van der Waals surface area contributed by atoms with Gasteiger partial charge >= 0.3 is 11.9 Å². The first-order chi connectivity index (χ1) is 14.1. The van der Waals surface area contributed by atoms with E-state index < -0.39 is 6.10 Å². The van der Waals surface area contributed by atoms with Crippen LogP contribution in [0.15, 0.2) is 24.3 Å². The van der Waals surface area contributed by atoms with E-state index in [-0.39, 0.29) is 46.8 Å². The smallest absolute Gasteiger partial charge is 0.303 e. The number of aliphatic hydroxyl groups excluding tert-OH is 1. The zero-order chi connectivity index (χ0) is 21.8. The summed E-state index contributed by atoms with van der Waals surface area (Å²) in [5, 5.41) is 11.5. The average molecular weight is 417 g/mol. The molecule has 9 atom stereocenters. The van der Waals surface area contributed by atoms with E-state index >= 15 is 0 Å². The molecule has 30 heavy (non-hydrogen) atoms. The fourth-order valence-electron chi connectivity index (χ4n) is 7.77. The van der Waals surface area contributed by atoms with Crippen molar-refractivity contribution in [2.75, 3.05) is 0 Å². The van der Waals surface area contributed by atoms with Crippen molar-refractivity contribution in [2.24, 2.45) is 34.5 Å². The van der Waals surface area contributed by atoms with Crippen LogP contribution in [-0.2, 0) is 19.1 Å². The van der Waals surface area contributed by atoms with E-state index in [1.807, 2.05) is 0 Å². The van der Waals surface area contributed by atoms with Gasteiger partial charge in [-0.3, -0.25) is 9.59 Å². The molecule has 0 radical (unpaired) electrons. The summed E-state index contributed by atoms with van der Waals surface area (Å²) >= 11 is 0. The second kappa shape index (κ2) is 7.51. The molecule has 5 nitrogen and oxygen atoms in total. The molecule has 3 fully saturated rings. The standard InChI is InChI=1S/C25H36O5/c1-6-16-7-8-19-22-21(30-15(3)27)12-17-11-18(29-14(2)26)9-10-24(17,4)23(22)20(28)13-25(16,19)5/h6,12,16,18-23,28H,1,7-11,13H2,2-5H3/t16-,18+,19-,20+,21+,22+,23-,24-,25+/m0/s1. The molecule has 0 saturated heterocycles. The molecule has 4 rings (SSSR count). The molecule has 4 aliphatic rings. The Morgan fingerprint density at radius 3 is 2.50 bits per heavy atom. The van der Waals surface area contributed by atoms with E-state index in [4.69, 9.17) is 9.47 Å². The molecule has 0 bridgehead atoms. The van der Waals surface area contributed by atoms with Crippen LogP contribution in [0, 0.1) is 34.5 Å². The fourth-order valence-corrected chi connectivity index (χ4v) is 7.77. The lowest BCUT2D eigenvalue weighted by Gasteiger charge is -2.60. The molecule has 5 heteroatoms. The summed E-state index contributed by atoms with van der Waals surface area (Å²) in [5.74, 6) is 0.373. The molecule has 3 saturated carbocycles. The molecule has 0 aliphatic heterocycles. The topological polar surface area (TPSA) is 72.8 Å². The van der Waals surface area contributed by atoms with Crippen LogP contribution >= 0.6 is 0 Å². The molecular formula is C25H36O5. The number of rotatable bonds is 3. The van der Waals surface area contributed by atoms with E-state index in [2.05, 4.69) is 32.6 Å². The summed E-state index contributed by atoms with van der Waals surface area (Å²) in [7, 11) is 0. The molecule has 0 aromatic carbocycles. The quantitative estimate of drug-likeness (QED) is 0.551. The van der Waals surface area contributed by atoms with Crippen molar-refractivity contribution >= 4 is 11.9 Å². The second-order valence-corrected chi connectivity index (χ2v) is 10.6. The fraction of sp³-hybridized carbons (Fsp3) is 0.760. The van der Waals surface area contributed by atoms with E-state index in [9.17, 15) is 14.7 Å². The number of carbonyl (C=O) groups is 2. The predicted molar refractivity (Wildman–Crippen MR) is 113 cm³/mol. The van der Waals surface area contributed by atoms with Gasteiger partial charge in [-0.25, -0.2) is 0 Å². The monoisotopic (exact) mass is 416 g/mol. The maximum absolute atomic E-state index is 12.0. The summed E-state index contributed by atoms with van der Waals surface area (Å²) in [6, 6.07) is 0. The minimum atomic E-state index is -0.450. The summed E-state index contributed by atoms with van der Waals surface area (Å²) in [5.41, 5.74) is 0.996. The second-order valence-electron chi connectivity index (χ2n) is 10.6. The van der Waals surface area contributed by atoms with E-state index in [0.29, 0.717) is 18.3 Å². The van der Waals surface area contributed by atoms with Gasteiger partial charge in [0.15, 0.2) is 0 Å². The summed E-state index contributed by atoms with van der Waals surface area (Å²) in [4.78, 5) is 23.5. The Kier molecular flexibility index (Phi) is 5.41. The predicted octanol–water partition coefficient (Wildman–Crippen LogP) is 4.20. The number of esters is 2. The van der Waals surface area contributed by atoms with Crippen LogP contribution in [0.5, 0.6) is 0 Å². The van der Waals surface area contributed by atoms with Crippen molar-refractivity contribution in [1.29, 1.82) is 0 Å². The van der Waals surface area contributed by atoms with Crippen LogP contribution in [0.2, 0.25) is 0 Å². The normalized spacial score (nSPS) is 47.2. The molecule has 0 aromatic rings. The minimum Gasteiger partial charge on any atom is -0.462 e. The molecule has 0 unspecified atom stereocenters. The van der Waals surface area contributed by atoms with Crippen LogP contribution in [0.3, 0.4) is 0 Å². The maximum atomic E-state index is 12.0. The number of fused-ring (bicyclic) bond motifs is 5. The Morgan fingerprint density at radius 2 is 1.87 bits per heavy atom. The third kappa shape index (κ3) is 3.24. The largest absolute Gasteiger partial charge is 0.462 e. The Labute approximate surface area is 179 Å². The number of allylic oxidation sites excluding steroid dienone is 1. The zero-order valence-electron chi connectivity index (χ0n) is 18.7. The van der Waals surface area contributed by atoms with Gasteiger partial charge in [-0.15, -0.1) is 6.58 Å². The SMILES string of the molecule is C=C[C@H]1CC[C@H]2[C@H]3[C@H]([C@H](O)C[C@]12C)[C@@]1(C)CC[C@@H](OC(C)=O)CC1=C[C@H]3OC(C)=O. The number of ether oxygens (including phenoxy) is 2. The third-order valence-electron chi connectivity index (χ3n) is 8.99. The van der Waals surface area contributed by atoms with Crippen LogP contribution in [0.4, 0.5) is 0 Å².